The van der Waals surface area contributed by atoms with E-state index in [9.17, 15) is 0 Å². The second-order valence-corrected chi connectivity index (χ2v) is 7.39. The Bertz CT molecular complexity index is 293. The van der Waals surface area contributed by atoms with Crippen LogP contribution in [0.5, 0.6) is 0 Å². The molecular formula is C16H30N2O. The number of ether oxygens (including phenoxy) is 1. The Morgan fingerprint density at radius 2 is 2.11 bits per heavy atom. The summed E-state index contributed by atoms with van der Waals surface area (Å²) in [4.78, 5) is 5.16. The second-order valence-electron chi connectivity index (χ2n) is 7.39. The molecule has 1 spiro atoms. The molecule has 2 saturated heterocycles. The number of hydrogen-bond donors (Lipinski definition) is 0. The first-order valence-electron chi connectivity index (χ1n) is 8.21. The molecule has 0 aromatic carbocycles. The molecule has 0 aromatic heterocycles. The van der Waals surface area contributed by atoms with Gasteiger partial charge in [-0.15, -0.1) is 0 Å². The Morgan fingerprint density at radius 3 is 2.74 bits per heavy atom. The highest BCUT2D eigenvalue weighted by molar-refractivity contribution is 5.00. The largest absolute Gasteiger partial charge is 0.366 e. The van der Waals surface area contributed by atoms with Crippen LogP contribution in [0.3, 0.4) is 0 Å². The number of hydrogen-bond acceptors (Lipinski definition) is 3. The molecule has 3 aliphatic rings. The second kappa shape index (κ2) is 5.71. The molecule has 0 radical (unpaired) electrons. The third kappa shape index (κ3) is 3.14. The summed E-state index contributed by atoms with van der Waals surface area (Å²) in [5, 5.41) is 0. The lowest BCUT2D eigenvalue weighted by molar-refractivity contribution is -0.0241. The van der Waals surface area contributed by atoms with Gasteiger partial charge in [-0.3, -0.25) is 4.90 Å². The van der Waals surface area contributed by atoms with Crippen molar-refractivity contribution >= 4 is 0 Å². The minimum atomic E-state index is 0.716. The van der Waals surface area contributed by atoms with Crippen LogP contribution in [0.25, 0.3) is 0 Å². The molecule has 3 rings (SSSR count). The van der Waals surface area contributed by atoms with Gasteiger partial charge < -0.3 is 9.64 Å². The fourth-order valence-corrected chi connectivity index (χ4v) is 4.30. The first-order valence-corrected chi connectivity index (χ1v) is 8.21. The van der Waals surface area contributed by atoms with E-state index in [0.29, 0.717) is 5.41 Å². The summed E-state index contributed by atoms with van der Waals surface area (Å²) in [5.41, 5.74) is 0.716. The fourth-order valence-electron chi connectivity index (χ4n) is 4.30. The van der Waals surface area contributed by atoms with Crippen LogP contribution in [-0.2, 0) is 4.74 Å². The van der Waals surface area contributed by atoms with Crippen molar-refractivity contribution in [2.24, 2.45) is 11.3 Å². The van der Waals surface area contributed by atoms with Gasteiger partial charge in [0.1, 0.15) is 0 Å². The third-order valence-corrected chi connectivity index (χ3v) is 5.53. The molecule has 2 aliphatic heterocycles. The summed E-state index contributed by atoms with van der Waals surface area (Å²) in [5.74, 6) is 0.994. The van der Waals surface area contributed by atoms with Gasteiger partial charge in [0.2, 0.25) is 0 Å². The molecule has 0 atom stereocenters. The number of rotatable bonds is 4. The minimum Gasteiger partial charge on any atom is -0.366 e. The highest BCUT2D eigenvalue weighted by Crippen LogP contribution is 2.53. The SMILES string of the molecule is CC(C)N1CCC2(CC(CCN3CCCOC3)C2)C1. The molecule has 3 nitrogen and oxygen atoms in total. The smallest absolute Gasteiger partial charge is 0.0990 e. The lowest BCUT2D eigenvalue weighted by Gasteiger charge is -2.46. The van der Waals surface area contributed by atoms with Gasteiger partial charge >= 0.3 is 0 Å². The predicted octanol–water partition coefficient (Wildman–Crippen LogP) is 2.57. The maximum atomic E-state index is 5.52. The fraction of sp³-hybridized carbons (Fsp3) is 1.00. The van der Waals surface area contributed by atoms with Crippen molar-refractivity contribution in [3.05, 3.63) is 0 Å². The van der Waals surface area contributed by atoms with E-state index >= 15 is 0 Å². The van der Waals surface area contributed by atoms with Gasteiger partial charge in [-0.25, -0.2) is 0 Å². The van der Waals surface area contributed by atoms with Crippen LogP contribution < -0.4 is 0 Å². The molecule has 110 valence electrons. The Labute approximate surface area is 118 Å². The van der Waals surface area contributed by atoms with E-state index in [4.69, 9.17) is 4.74 Å². The normalized spacial score (nSPS) is 37.1. The van der Waals surface area contributed by atoms with Gasteiger partial charge in [-0.05, 0) is 63.8 Å². The van der Waals surface area contributed by atoms with E-state index in [-0.39, 0.29) is 0 Å². The highest BCUT2D eigenvalue weighted by atomic mass is 16.5. The maximum absolute atomic E-state index is 5.52. The average molecular weight is 266 g/mol. The van der Waals surface area contributed by atoms with E-state index in [2.05, 4.69) is 23.6 Å². The van der Waals surface area contributed by atoms with Crippen LogP contribution >= 0.6 is 0 Å². The minimum absolute atomic E-state index is 0.716. The molecule has 0 amide bonds. The summed E-state index contributed by atoms with van der Waals surface area (Å²) in [6, 6.07) is 0.740. The number of nitrogens with zero attached hydrogens (tertiary/aromatic N) is 2. The lowest BCUT2D eigenvalue weighted by Crippen LogP contribution is -2.42. The van der Waals surface area contributed by atoms with Crippen molar-refractivity contribution in [2.45, 2.75) is 52.0 Å². The maximum Gasteiger partial charge on any atom is 0.0990 e. The average Bonchev–Trinajstić information content (AvgIpc) is 2.82. The van der Waals surface area contributed by atoms with Gasteiger partial charge in [-0.1, -0.05) is 0 Å². The molecular weight excluding hydrogens is 236 g/mol. The van der Waals surface area contributed by atoms with Crippen LogP contribution in [0.4, 0.5) is 0 Å². The first-order chi connectivity index (χ1) is 9.17. The van der Waals surface area contributed by atoms with Crippen molar-refractivity contribution in [2.75, 3.05) is 39.5 Å². The zero-order valence-corrected chi connectivity index (χ0v) is 12.7. The van der Waals surface area contributed by atoms with Crippen LogP contribution in [0.2, 0.25) is 0 Å². The Balaban J connectivity index is 1.36. The van der Waals surface area contributed by atoms with Gasteiger partial charge in [0.25, 0.3) is 0 Å². The summed E-state index contributed by atoms with van der Waals surface area (Å²) < 4.78 is 5.52. The van der Waals surface area contributed by atoms with Crippen LogP contribution in [0, 0.1) is 11.3 Å². The van der Waals surface area contributed by atoms with Gasteiger partial charge in [0.15, 0.2) is 0 Å². The highest BCUT2D eigenvalue weighted by Gasteiger charge is 2.48. The molecule has 0 aromatic rings. The standard InChI is InChI=1S/C16H30N2O/c1-14(2)18-8-5-16(12-18)10-15(11-16)4-7-17-6-3-9-19-13-17/h14-15H,3-13H2,1-2H3. The van der Waals surface area contributed by atoms with E-state index in [1.807, 2.05) is 0 Å². The van der Waals surface area contributed by atoms with Gasteiger partial charge in [0, 0.05) is 32.3 Å². The summed E-state index contributed by atoms with van der Waals surface area (Å²) >= 11 is 0. The topological polar surface area (TPSA) is 15.7 Å². The lowest BCUT2D eigenvalue weighted by atomic mass is 9.60. The van der Waals surface area contributed by atoms with Gasteiger partial charge in [0.05, 0.1) is 6.73 Å². The molecule has 1 aliphatic carbocycles. The molecule has 0 N–H and O–H groups in total. The van der Waals surface area contributed by atoms with Crippen molar-refractivity contribution < 1.29 is 4.74 Å². The van der Waals surface area contributed by atoms with Crippen LogP contribution in [0.15, 0.2) is 0 Å². The molecule has 1 saturated carbocycles. The Hall–Kier alpha value is -0.120. The monoisotopic (exact) mass is 266 g/mol. The van der Waals surface area contributed by atoms with Crippen molar-refractivity contribution in [1.82, 2.24) is 9.80 Å². The zero-order chi connectivity index (χ0) is 13.3. The van der Waals surface area contributed by atoms with Crippen LogP contribution in [0.1, 0.15) is 46.0 Å². The molecule has 3 heteroatoms. The molecule has 0 bridgehead atoms. The first kappa shape index (κ1) is 13.8. The quantitative estimate of drug-likeness (QED) is 0.778. The molecule has 19 heavy (non-hydrogen) atoms. The van der Waals surface area contributed by atoms with Crippen molar-refractivity contribution in [3.63, 3.8) is 0 Å². The third-order valence-electron chi connectivity index (χ3n) is 5.53. The zero-order valence-electron chi connectivity index (χ0n) is 12.7. The summed E-state index contributed by atoms with van der Waals surface area (Å²) in [6.45, 7) is 11.7. The number of likely N-dealkylation sites (tertiary alicyclic amines) is 1. The Morgan fingerprint density at radius 1 is 1.26 bits per heavy atom. The molecule has 0 unspecified atom stereocenters. The molecule has 3 fully saturated rings. The molecule has 2 heterocycles. The van der Waals surface area contributed by atoms with Crippen molar-refractivity contribution in [1.29, 1.82) is 0 Å². The van der Waals surface area contributed by atoms with Crippen LogP contribution in [-0.4, -0.2) is 55.4 Å². The Kier molecular flexibility index (Phi) is 4.16. The predicted molar refractivity (Wildman–Crippen MR) is 78.1 cm³/mol. The van der Waals surface area contributed by atoms with E-state index in [1.165, 1.54) is 58.3 Å². The van der Waals surface area contributed by atoms with Gasteiger partial charge in [-0.2, -0.15) is 0 Å². The van der Waals surface area contributed by atoms with E-state index in [1.54, 1.807) is 0 Å². The van der Waals surface area contributed by atoms with E-state index in [0.717, 1.165) is 25.3 Å². The summed E-state index contributed by atoms with van der Waals surface area (Å²) in [7, 11) is 0. The van der Waals surface area contributed by atoms with Crippen molar-refractivity contribution in [3.8, 4) is 0 Å². The summed E-state index contributed by atoms with van der Waals surface area (Å²) in [6.07, 6.45) is 7.05. The van der Waals surface area contributed by atoms with E-state index < -0.39 is 0 Å².